The highest BCUT2D eigenvalue weighted by atomic mass is 16.7. The van der Waals surface area contributed by atoms with Crippen molar-refractivity contribution in [1.29, 1.82) is 0 Å². The standard InChI is InChI=1S/C22H26O5/c1-3-21(23)25-15-19-9-7-17(8-10-19)5-6-18-11-13-20(14-12-18)26-16-27-22(24)4-2/h3-6,11-14,17,19H,1-2,7-10,15-16H2/b6-5+. The van der Waals surface area contributed by atoms with Crippen LogP contribution in [0, 0.1) is 11.8 Å². The number of hydrogen-bond acceptors (Lipinski definition) is 5. The number of rotatable bonds is 9. The fraction of sp³-hybridized carbons (Fsp3) is 0.364. The summed E-state index contributed by atoms with van der Waals surface area (Å²) in [7, 11) is 0. The van der Waals surface area contributed by atoms with Gasteiger partial charge in [-0.05, 0) is 55.2 Å². The van der Waals surface area contributed by atoms with Crippen molar-refractivity contribution in [2.24, 2.45) is 11.8 Å². The summed E-state index contributed by atoms with van der Waals surface area (Å²) in [4.78, 5) is 22.1. The molecule has 0 spiro atoms. The highest BCUT2D eigenvalue weighted by Crippen LogP contribution is 2.30. The molecule has 1 aromatic rings. The van der Waals surface area contributed by atoms with Crippen LogP contribution >= 0.6 is 0 Å². The van der Waals surface area contributed by atoms with Crippen molar-refractivity contribution < 1.29 is 23.8 Å². The molecule has 0 heterocycles. The second-order valence-corrected chi connectivity index (χ2v) is 6.47. The Hall–Kier alpha value is -2.82. The van der Waals surface area contributed by atoms with E-state index in [4.69, 9.17) is 14.2 Å². The number of allylic oxidation sites excluding steroid dienone is 1. The molecular formula is C22H26O5. The van der Waals surface area contributed by atoms with Gasteiger partial charge in [0.05, 0.1) is 6.61 Å². The van der Waals surface area contributed by atoms with Gasteiger partial charge in [0, 0.05) is 12.2 Å². The predicted molar refractivity (Wildman–Crippen MR) is 104 cm³/mol. The van der Waals surface area contributed by atoms with Crippen LogP contribution in [0.2, 0.25) is 0 Å². The Morgan fingerprint density at radius 1 is 0.963 bits per heavy atom. The van der Waals surface area contributed by atoms with E-state index in [-0.39, 0.29) is 12.8 Å². The minimum Gasteiger partial charge on any atom is -0.462 e. The average Bonchev–Trinajstić information content (AvgIpc) is 2.72. The number of benzene rings is 1. The summed E-state index contributed by atoms with van der Waals surface area (Å²) in [5, 5.41) is 0. The van der Waals surface area contributed by atoms with Gasteiger partial charge in [-0.1, -0.05) is 37.4 Å². The van der Waals surface area contributed by atoms with Gasteiger partial charge in [-0.15, -0.1) is 0 Å². The Bertz CT molecular complexity index is 666. The maximum atomic E-state index is 11.1. The summed E-state index contributed by atoms with van der Waals surface area (Å²) in [6.45, 7) is 7.08. The number of esters is 2. The molecule has 0 N–H and O–H groups in total. The second kappa shape index (κ2) is 11.0. The van der Waals surface area contributed by atoms with Crippen molar-refractivity contribution in [3.63, 3.8) is 0 Å². The smallest absolute Gasteiger partial charge is 0.333 e. The Labute approximate surface area is 160 Å². The van der Waals surface area contributed by atoms with Gasteiger partial charge in [0.15, 0.2) is 0 Å². The van der Waals surface area contributed by atoms with E-state index in [2.05, 4.69) is 25.3 Å². The molecule has 0 aromatic heterocycles. The first-order valence-electron chi connectivity index (χ1n) is 9.10. The van der Waals surface area contributed by atoms with Crippen LogP contribution in [0.1, 0.15) is 31.2 Å². The van der Waals surface area contributed by atoms with E-state index in [1.54, 1.807) is 0 Å². The third kappa shape index (κ3) is 7.52. The minimum atomic E-state index is -0.511. The van der Waals surface area contributed by atoms with Crippen molar-refractivity contribution >= 4 is 18.0 Å². The van der Waals surface area contributed by atoms with Crippen LogP contribution in [0.3, 0.4) is 0 Å². The zero-order chi connectivity index (χ0) is 19.5. The molecular weight excluding hydrogens is 344 g/mol. The SMILES string of the molecule is C=CC(=O)OCOc1ccc(/C=C/C2CCC(COC(=O)C=C)CC2)cc1. The maximum absolute atomic E-state index is 11.1. The lowest BCUT2D eigenvalue weighted by Crippen LogP contribution is -2.19. The van der Waals surface area contributed by atoms with Crippen molar-refractivity contribution in [1.82, 2.24) is 0 Å². The highest BCUT2D eigenvalue weighted by Gasteiger charge is 2.20. The van der Waals surface area contributed by atoms with E-state index in [0.717, 1.165) is 37.3 Å². The van der Waals surface area contributed by atoms with E-state index in [0.29, 0.717) is 24.2 Å². The van der Waals surface area contributed by atoms with Crippen LogP contribution in [0.4, 0.5) is 0 Å². The van der Waals surface area contributed by atoms with Gasteiger partial charge in [0.25, 0.3) is 0 Å². The molecule has 1 aromatic carbocycles. The molecule has 5 heteroatoms. The molecule has 1 aliphatic carbocycles. The quantitative estimate of drug-likeness (QED) is 0.368. The van der Waals surface area contributed by atoms with Gasteiger partial charge in [0.2, 0.25) is 6.79 Å². The van der Waals surface area contributed by atoms with Gasteiger partial charge in [-0.25, -0.2) is 9.59 Å². The van der Waals surface area contributed by atoms with Crippen LogP contribution in [0.25, 0.3) is 6.08 Å². The highest BCUT2D eigenvalue weighted by molar-refractivity contribution is 5.81. The van der Waals surface area contributed by atoms with E-state index in [1.165, 1.54) is 6.08 Å². The van der Waals surface area contributed by atoms with E-state index >= 15 is 0 Å². The number of hydrogen-bond donors (Lipinski definition) is 0. The number of ether oxygens (including phenoxy) is 3. The van der Waals surface area contributed by atoms with Crippen LogP contribution in [-0.2, 0) is 19.1 Å². The first-order chi connectivity index (χ1) is 13.1. The van der Waals surface area contributed by atoms with Gasteiger partial charge in [-0.2, -0.15) is 0 Å². The Kier molecular flexibility index (Phi) is 8.36. The molecule has 0 radical (unpaired) electrons. The van der Waals surface area contributed by atoms with E-state index in [9.17, 15) is 9.59 Å². The van der Waals surface area contributed by atoms with Gasteiger partial charge in [0.1, 0.15) is 5.75 Å². The number of carbonyl (C=O) groups excluding carboxylic acids is 2. The molecule has 1 saturated carbocycles. The molecule has 0 saturated heterocycles. The Morgan fingerprint density at radius 2 is 1.59 bits per heavy atom. The molecule has 0 amide bonds. The topological polar surface area (TPSA) is 61.8 Å². The van der Waals surface area contributed by atoms with Crippen molar-refractivity contribution in [3.8, 4) is 5.75 Å². The minimum absolute atomic E-state index is 0.134. The fourth-order valence-corrected chi connectivity index (χ4v) is 2.94. The Morgan fingerprint density at radius 3 is 2.22 bits per heavy atom. The summed E-state index contributed by atoms with van der Waals surface area (Å²) in [5.74, 6) is 0.779. The average molecular weight is 370 g/mol. The van der Waals surface area contributed by atoms with Gasteiger partial charge >= 0.3 is 11.9 Å². The summed E-state index contributed by atoms with van der Waals surface area (Å²) in [6.07, 6.45) is 11.0. The number of carbonyl (C=O) groups is 2. The lowest BCUT2D eigenvalue weighted by atomic mass is 9.82. The Balaban J connectivity index is 1.71. The normalized spacial score (nSPS) is 19.3. The predicted octanol–water partition coefficient (Wildman–Crippen LogP) is 4.30. The summed E-state index contributed by atoms with van der Waals surface area (Å²) < 4.78 is 15.2. The largest absolute Gasteiger partial charge is 0.462 e. The summed E-state index contributed by atoms with van der Waals surface area (Å²) in [5.41, 5.74) is 1.09. The zero-order valence-corrected chi connectivity index (χ0v) is 15.5. The van der Waals surface area contributed by atoms with Crippen LogP contribution < -0.4 is 4.74 Å². The zero-order valence-electron chi connectivity index (χ0n) is 15.5. The first-order valence-corrected chi connectivity index (χ1v) is 9.10. The summed E-state index contributed by atoms with van der Waals surface area (Å²) in [6, 6.07) is 7.60. The molecule has 1 fully saturated rings. The van der Waals surface area contributed by atoms with Gasteiger partial charge in [-0.3, -0.25) is 0 Å². The lowest BCUT2D eigenvalue weighted by molar-refractivity contribution is -0.144. The van der Waals surface area contributed by atoms with Crippen LogP contribution in [0.15, 0.2) is 55.7 Å². The van der Waals surface area contributed by atoms with E-state index < -0.39 is 5.97 Å². The van der Waals surface area contributed by atoms with Crippen LogP contribution in [0.5, 0.6) is 5.75 Å². The van der Waals surface area contributed by atoms with Crippen molar-refractivity contribution in [3.05, 3.63) is 61.2 Å². The second-order valence-electron chi connectivity index (χ2n) is 6.47. The first kappa shape index (κ1) is 20.5. The van der Waals surface area contributed by atoms with Crippen LogP contribution in [-0.4, -0.2) is 25.3 Å². The molecule has 5 nitrogen and oxygen atoms in total. The molecule has 144 valence electrons. The fourth-order valence-electron chi connectivity index (χ4n) is 2.94. The molecule has 0 aliphatic heterocycles. The summed E-state index contributed by atoms with van der Waals surface area (Å²) >= 11 is 0. The molecule has 0 atom stereocenters. The van der Waals surface area contributed by atoms with Crippen molar-refractivity contribution in [2.75, 3.05) is 13.4 Å². The third-order valence-corrected chi connectivity index (χ3v) is 4.55. The monoisotopic (exact) mass is 370 g/mol. The maximum Gasteiger partial charge on any atom is 0.333 e. The molecule has 0 bridgehead atoms. The third-order valence-electron chi connectivity index (χ3n) is 4.55. The van der Waals surface area contributed by atoms with Gasteiger partial charge < -0.3 is 14.2 Å². The molecule has 1 aliphatic rings. The molecule has 0 unspecified atom stereocenters. The van der Waals surface area contributed by atoms with E-state index in [1.807, 2.05) is 24.3 Å². The van der Waals surface area contributed by atoms with Crippen molar-refractivity contribution in [2.45, 2.75) is 25.7 Å². The molecule has 27 heavy (non-hydrogen) atoms. The molecule has 2 rings (SSSR count). The lowest BCUT2D eigenvalue weighted by Gasteiger charge is -2.26.